The van der Waals surface area contributed by atoms with E-state index in [1.807, 2.05) is 25.1 Å². The molecule has 4 heteroatoms. The average molecular weight is 337 g/mol. The maximum Gasteiger partial charge on any atom is 0.252 e. The normalized spacial score (nSPS) is 23.0. The van der Waals surface area contributed by atoms with Gasteiger partial charge in [0.2, 0.25) is 0 Å². The lowest BCUT2D eigenvalue weighted by Crippen LogP contribution is -2.31. The number of nitrogens with zero attached hydrogens (tertiary/aromatic N) is 1. The van der Waals surface area contributed by atoms with Crippen LogP contribution in [0.25, 0.3) is 0 Å². The summed E-state index contributed by atoms with van der Waals surface area (Å²) in [6, 6.07) is 6.70. The Morgan fingerprint density at radius 1 is 1.40 bits per heavy atom. The summed E-state index contributed by atoms with van der Waals surface area (Å²) in [6.07, 6.45) is 3.95. The molecule has 2 fully saturated rings. The van der Waals surface area contributed by atoms with Gasteiger partial charge in [0.05, 0.1) is 5.56 Å². The first-order valence-corrected chi connectivity index (χ1v) is 8.21. The quantitative estimate of drug-likeness (QED) is 0.916. The highest BCUT2D eigenvalue weighted by molar-refractivity contribution is 9.10. The lowest BCUT2D eigenvalue weighted by molar-refractivity contribution is 0.0946. The van der Waals surface area contributed by atoms with Gasteiger partial charge in [0.25, 0.3) is 5.91 Å². The fourth-order valence-electron chi connectivity index (χ4n) is 2.94. The molecule has 0 aromatic heterocycles. The molecule has 1 amide bonds. The van der Waals surface area contributed by atoms with E-state index in [4.69, 9.17) is 0 Å². The minimum absolute atomic E-state index is 0.0294. The molecular weight excluding hydrogens is 316 g/mol. The second kappa shape index (κ2) is 5.86. The van der Waals surface area contributed by atoms with Gasteiger partial charge in [-0.25, -0.2) is 0 Å². The van der Waals surface area contributed by atoms with Crippen LogP contribution in [-0.4, -0.2) is 36.5 Å². The van der Waals surface area contributed by atoms with Crippen LogP contribution in [0, 0.1) is 12.8 Å². The van der Waals surface area contributed by atoms with E-state index in [0.717, 1.165) is 34.7 Å². The molecule has 1 aliphatic carbocycles. The number of halogens is 1. The zero-order valence-corrected chi connectivity index (χ0v) is 13.4. The van der Waals surface area contributed by atoms with Crippen LogP contribution < -0.4 is 5.32 Å². The highest BCUT2D eigenvalue weighted by atomic mass is 79.9. The van der Waals surface area contributed by atoms with Gasteiger partial charge in [-0.2, -0.15) is 0 Å². The number of aryl methyl sites for hydroxylation is 1. The lowest BCUT2D eigenvalue weighted by Gasteiger charge is -2.15. The zero-order chi connectivity index (χ0) is 14.1. The van der Waals surface area contributed by atoms with Gasteiger partial charge in [-0.3, -0.25) is 4.79 Å². The molecule has 1 saturated carbocycles. The van der Waals surface area contributed by atoms with Gasteiger partial charge in [0, 0.05) is 23.6 Å². The molecule has 3 rings (SSSR count). The van der Waals surface area contributed by atoms with Gasteiger partial charge in [0.15, 0.2) is 0 Å². The number of amides is 1. The summed E-state index contributed by atoms with van der Waals surface area (Å²) >= 11 is 3.47. The second-order valence-electron chi connectivity index (χ2n) is 6.07. The van der Waals surface area contributed by atoms with Crippen molar-refractivity contribution in [2.24, 2.45) is 5.92 Å². The molecule has 1 aromatic rings. The molecule has 1 aliphatic heterocycles. The van der Waals surface area contributed by atoms with Crippen molar-refractivity contribution in [2.75, 3.05) is 19.6 Å². The number of hydrogen-bond acceptors (Lipinski definition) is 2. The van der Waals surface area contributed by atoms with E-state index in [9.17, 15) is 4.79 Å². The average Bonchev–Trinajstić information content (AvgIpc) is 3.15. The molecule has 1 aromatic carbocycles. The van der Waals surface area contributed by atoms with Gasteiger partial charge in [-0.05, 0) is 72.3 Å². The largest absolute Gasteiger partial charge is 0.352 e. The first-order chi connectivity index (χ1) is 9.63. The molecule has 1 saturated heterocycles. The Labute approximate surface area is 128 Å². The number of rotatable bonds is 4. The number of benzene rings is 1. The van der Waals surface area contributed by atoms with Crippen molar-refractivity contribution in [2.45, 2.75) is 32.2 Å². The fourth-order valence-corrected chi connectivity index (χ4v) is 3.61. The molecule has 20 heavy (non-hydrogen) atoms. The van der Waals surface area contributed by atoms with Crippen LogP contribution in [0.5, 0.6) is 0 Å². The molecule has 1 N–H and O–H groups in total. The van der Waals surface area contributed by atoms with Gasteiger partial charge in [-0.1, -0.05) is 6.07 Å². The van der Waals surface area contributed by atoms with Crippen molar-refractivity contribution in [3.8, 4) is 0 Å². The Morgan fingerprint density at radius 3 is 2.90 bits per heavy atom. The minimum Gasteiger partial charge on any atom is -0.352 e. The Hall–Kier alpha value is -0.870. The highest BCUT2D eigenvalue weighted by Crippen LogP contribution is 2.31. The van der Waals surface area contributed by atoms with E-state index in [-0.39, 0.29) is 5.91 Å². The van der Waals surface area contributed by atoms with E-state index in [1.54, 1.807) is 0 Å². The topological polar surface area (TPSA) is 32.3 Å². The number of nitrogens with one attached hydrogen (secondary N) is 1. The Kier molecular flexibility index (Phi) is 4.13. The fraction of sp³-hybridized carbons (Fsp3) is 0.562. The summed E-state index contributed by atoms with van der Waals surface area (Å²) < 4.78 is 0.876. The third kappa shape index (κ3) is 3.23. The summed E-state index contributed by atoms with van der Waals surface area (Å²) in [4.78, 5) is 14.8. The van der Waals surface area contributed by atoms with Gasteiger partial charge >= 0.3 is 0 Å². The summed E-state index contributed by atoms with van der Waals surface area (Å²) in [5.74, 6) is 0.644. The second-order valence-corrected chi connectivity index (χ2v) is 6.93. The van der Waals surface area contributed by atoms with Crippen LogP contribution in [-0.2, 0) is 0 Å². The Bertz CT molecular complexity index is 513. The van der Waals surface area contributed by atoms with Crippen molar-refractivity contribution in [3.05, 3.63) is 33.8 Å². The van der Waals surface area contributed by atoms with Crippen molar-refractivity contribution < 1.29 is 4.79 Å². The van der Waals surface area contributed by atoms with E-state index in [0.29, 0.717) is 5.92 Å². The van der Waals surface area contributed by atoms with E-state index < -0.39 is 0 Å². The maximum absolute atomic E-state index is 12.2. The molecule has 0 radical (unpaired) electrons. The molecule has 0 bridgehead atoms. The molecule has 1 unspecified atom stereocenters. The Morgan fingerprint density at radius 2 is 2.20 bits per heavy atom. The monoisotopic (exact) mass is 336 g/mol. The standard InChI is InChI=1S/C16H21BrN2O/c1-11-2-5-14(15(17)8-11)16(20)18-9-12-6-7-19(10-12)13-3-4-13/h2,5,8,12-13H,3-4,6-7,9-10H2,1H3,(H,18,20). The van der Waals surface area contributed by atoms with Crippen molar-refractivity contribution in [1.82, 2.24) is 10.2 Å². The predicted octanol–water partition coefficient (Wildman–Crippen LogP) is 2.97. The van der Waals surface area contributed by atoms with Crippen LogP contribution in [0.1, 0.15) is 35.2 Å². The summed E-state index contributed by atoms with van der Waals surface area (Å²) in [7, 11) is 0. The highest BCUT2D eigenvalue weighted by Gasteiger charge is 2.34. The third-order valence-electron chi connectivity index (χ3n) is 4.30. The molecule has 3 nitrogen and oxygen atoms in total. The predicted molar refractivity (Wildman–Crippen MR) is 83.9 cm³/mol. The summed E-state index contributed by atoms with van der Waals surface area (Å²) in [5.41, 5.74) is 1.89. The van der Waals surface area contributed by atoms with Crippen LogP contribution in [0.4, 0.5) is 0 Å². The number of carbonyl (C=O) groups excluding carboxylic acids is 1. The first kappa shape index (κ1) is 14.1. The molecule has 1 atom stereocenters. The number of likely N-dealkylation sites (tertiary alicyclic amines) is 1. The van der Waals surface area contributed by atoms with Crippen LogP contribution in [0.3, 0.4) is 0 Å². The third-order valence-corrected chi connectivity index (χ3v) is 4.96. The summed E-state index contributed by atoms with van der Waals surface area (Å²) in [5, 5.41) is 3.09. The van der Waals surface area contributed by atoms with Crippen molar-refractivity contribution in [3.63, 3.8) is 0 Å². The van der Waals surface area contributed by atoms with Crippen LogP contribution >= 0.6 is 15.9 Å². The Balaban J connectivity index is 1.51. The number of carbonyl (C=O) groups is 1. The SMILES string of the molecule is Cc1ccc(C(=O)NCC2CCN(C3CC3)C2)c(Br)c1. The van der Waals surface area contributed by atoms with Gasteiger partial charge in [0.1, 0.15) is 0 Å². The van der Waals surface area contributed by atoms with Gasteiger partial charge in [-0.15, -0.1) is 0 Å². The smallest absolute Gasteiger partial charge is 0.252 e. The zero-order valence-electron chi connectivity index (χ0n) is 11.9. The van der Waals surface area contributed by atoms with Crippen LogP contribution in [0.15, 0.2) is 22.7 Å². The van der Waals surface area contributed by atoms with E-state index in [2.05, 4.69) is 26.1 Å². The molecule has 2 aliphatic rings. The lowest BCUT2D eigenvalue weighted by atomic mass is 10.1. The van der Waals surface area contributed by atoms with Crippen molar-refractivity contribution >= 4 is 21.8 Å². The van der Waals surface area contributed by atoms with Crippen LogP contribution in [0.2, 0.25) is 0 Å². The first-order valence-electron chi connectivity index (χ1n) is 7.42. The van der Waals surface area contributed by atoms with Gasteiger partial charge < -0.3 is 10.2 Å². The molecule has 108 valence electrons. The minimum atomic E-state index is 0.0294. The maximum atomic E-state index is 12.2. The number of hydrogen-bond donors (Lipinski definition) is 1. The molecule has 1 heterocycles. The van der Waals surface area contributed by atoms with E-state index in [1.165, 1.54) is 25.8 Å². The molecular formula is C16H21BrN2O. The molecule has 0 spiro atoms. The van der Waals surface area contributed by atoms with Crippen molar-refractivity contribution in [1.29, 1.82) is 0 Å². The summed E-state index contributed by atoms with van der Waals surface area (Å²) in [6.45, 7) is 5.18. The van der Waals surface area contributed by atoms with E-state index >= 15 is 0 Å².